The summed E-state index contributed by atoms with van der Waals surface area (Å²) >= 11 is 5.67. The highest BCUT2D eigenvalue weighted by Gasteiger charge is 2.57. The van der Waals surface area contributed by atoms with Crippen molar-refractivity contribution in [2.24, 2.45) is 0 Å². The van der Waals surface area contributed by atoms with Crippen LogP contribution in [0.5, 0.6) is 0 Å². The second kappa shape index (κ2) is 5.20. The van der Waals surface area contributed by atoms with E-state index in [4.69, 9.17) is 11.6 Å². The van der Waals surface area contributed by atoms with Crippen molar-refractivity contribution in [1.82, 2.24) is 0 Å². The van der Waals surface area contributed by atoms with Gasteiger partial charge in [-0.2, -0.15) is 8.78 Å². The Bertz CT molecular complexity index is 447. The second-order valence-corrected chi connectivity index (χ2v) is 4.31. The van der Waals surface area contributed by atoms with Gasteiger partial charge in [-0.15, -0.1) is 0 Å². The zero-order valence-electron chi connectivity index (χ0n) is 9.91. The van der Waals surface area contributed by atoms with Gasteiger partial charge in [-0.3, -0.25) is 0 Å². The molecule has 0 aliphatic carbocycles. The molecule has 100 valence electrons. The average molecular weight is 279 g/mol. The van der Waals surface area contributed by atoms with E-state index in [2.05, 4.69) is 4.74 Å². The minimum Gasteiger partial charge on any atom is -0.461 e. The molecule has 0 amide bonds. The van der Waals surface area contributed by atoms with Crippen LogP contribution >= 0.6 is 11.6 Å². The summed E-state index contributed by atoms with van der Waals surface area (Å²) in [4.78, 5) is 11.2. The molecule has 1 aromatic carbocycles. The maximum Gasteiger partial charge on any atom is 0.380 e. The highest BCUT2D eigenvalue weighted by atomic mass is 35.5. The predicted octanol–water partition coefficient (Wildman–Crippen LogP) is 2.75. The fourth-order valence-corrected chi connectivity index (χ4v) is 1.58. The Kier molecular flexibility index (Phi) is 4.29. The second-order valence-electron chi connectivity index (χ2n) is 3.88. The number of aliphatic hydroxyl groups is 1. The minimum atomic E-state index is -4.06. The molecule has 0 radical (unpaired) electrons. The number of ether oxygens (including phenoxy) is 1. The number of rotatable bonds is 4. The van der Waals surface area contributed by atoms with Crippen LogP contribution in [0.25, 0.3) is 0 Å². The van der Waals surface area contributed by atoms with E-state index in [1.807, 2.05) is 0 Å². The smallest absolute Gasteiger partial charge is 0.380 e. The first-order valence-corrected chi connectivity index (χ1v) is 5.64. The molecule has 6 heteroatoms. The van der Waals surface area contributed by atoms with Gasteiger partial charge < -0.3 is 9.84 Å². The van der Waals surface area contributed by atoms with Crippen LogP contribution in [0, 0.1) is 0 Å². The van der Waals surface area contributed by atoms with Crippen molar-refractivity contribution in [3.05, 3.63) is 34.9 Å². The third-order valence-corrected chi connectivity index (χ3v) is 2.77. The number of carbonyl (C=O) groups is 1. The van der Waals surface area contributed by atoms with Gasteiger partial charge in [-0.25, -0.2) is 4.79 Å². The molecular formula is C12H13ClF2O3. The molecule has 3 nitrogen and oxygen atoms in total. The molecule has 0 saturated carbocycles. The summed E-state index contributed by atoms with van der Waals surface area (Å²) in [6, 6.07) is 5.32. The lowest BCUT2D eigenvalue weighted by Crippen LogP contribution is -2.49. The molecule has 0 aliphatic heterocycles. The Morgan fingerprint density at radius 3 is 2.61 bits per heavy atom. The molecule has 18 heavy (non-hydrogen) atoms. The first-order valence-electron chi connectivity index (χ1n) is 5.27. The van der Waals surface area contributed by atoms with Crippen molar-refractivity contribution < 1.29 is 23.4 Å². The zero-order chi connectivity index (χ0) is 14.0. The van der Waals surface area contributed by atoms with Crippen LogP contribution in [0.15, 0.2) is 24.3 Å². The molecule has 1 atom stereocenters. The van der Waals surface area contributed by atoms with E-state index < -0.39 is 17.5 Å². The van der Waals surface area contributed by atoms with Gasteiger partial charge in [-0.05, 0) is 31.5 Å². The SMILES string of the molecule is CCOC(=O)C(F)(F)C(C)(O)c1cccc(Cl)c1. The molecule has 1 aromatic rings. The fourth-order valence-electron chi connectivity index (χ4n) is 1.39. The van der Waals surface area contributed by atoms with Crippen molar-refractivity contribution >= 4 is 17.6 Å². The molecule has 1 rings (SSSR count). The molecule has 0 bridgehead atoms. The molecule has 0 heterocycles. The first kappa shape index (κ1) is 14.9. The summed E-state index contributed by atoms with van der Waals surface area (Å²) in [6.45, 7) is 2.05. The summed E-state index contributed by atoms with van der Waals surface area (Å²) in [5.41, 5.74) is -2.85. The summed E-state index contributed by atoms with van der Waals surface area (Å²) in [5.74, 6) is -5.83. The Balaban J connectivity index is 3.16. The van der Waals surface area contributed by atoms with E-state index in [-0.39, 0.29) is 17.2 Å². The highest BCUT2D eigenvalue weighted by Crippen LogP contribution is 2.39. The number of esters is 1. The van der Waals surface area contributed by atoms with Gasteiger partial charge in [-0.1, -0.05) is 23.7 Å². The maximum atomic E-state index is 13.8. The monoisotopic (exact) mass is 278 g/mol. The quantitative estimate of drug-likeness (QED) is 0.862. The van der Waals surface area contributed by atoms with Crippen LogP contribution in [0.4, 0.5) is 8.78 Å². The number of carbonyl (C=O) groups excluding carboxylic acids is 1. The number of hydrogen-bond donors (Lipinski definition) is 1. The third kappa shape index (κ3) is 2.62. The van der Waals surface area contributed by atoms with Crippen molar-refractivity contribution in [1.29, 1.82) is 0 Å². The van der Waals surface area contributed by atoms with Crippen LogP contribution in [-0.4, -0.2) is 23.6 Å². The first-order chi connectivity index (χ1) is 8.23. The van der Waals surface area contributed by atoms with Crippen LogP contribution < -0.4 is 0 Å². The lowest BCUT2D eigenvalue weighted by molar-refractivity contribution is -0.212. The predicted molar refractivity (Wildman–Crippen MR) is 62.6 cm³/mol. The fraction of sp³-hybridized carbons (Fsp3) is 0.417. The highest BCUT2D eigenvalue weighted by molar-refractivity contribution is 6.30. The summed E-state index contributed by atoms with van der Waals surface area (Å²) in [5, 5.41) is 10.1. The van der Waals surface area contributed by atoms with Crippen molar-refractivity contribution in [2.45, 2.75) is 25.4 Å². The lowest BCUT2D eigenvalue weighted by atomic mass is 9.89. The molecule has 0 aromatic heterocycles. The van der Waals surface area contributed by atoms with Gasteiger partial charge in [0.15, 0.2) is 5.60 Å². The van der Waals surface area contributed by atoms with E-state index in [1.165, 1.54) is 31.2 Å². The van der Waals surface area contributed by atoms with Gasteiger partial charge in [0, 0.05) is 5.02 Å². The van der Waals surface area contributed by atoms with E-state index >= 15 is 0 Å². The minimum absolute atomic E-state index is 0.159. The third-order valence-electron chi connectivity index (χ3n) is 2.53. The van der Waals surface area contributed by atoms with E-state index in [9.17, 15) is 18.7 Å². The maximum absolute atomic E-state index is 13.8. The number of alkyl halides is 2. The van der Waals surface area contributed by atoms with Crippen LogP contribution in [0.3, 0.4) is 0 Å². The number of halogens is 3. The largest absolute Gasteiger partial charge is 0.461 e. The summed E-state index contributed by atoms with van der Waals surface area (Å²) < 4.78 is 31.9. The summed E-state index contributed by atoms with van der Waals surface area (Å²) in [7, 11) is 0. The molecular weight excluding hydrogens is 266 g/mol. The number of hydrogen-bond acceptors (Lipinski definition) is 3. The molecule has 0 spiro atoms. The van der Waals surface area contributed by atoms with E-state index in [0.717, 1.165) is 6.92 Å². The van der Waals surface area contributed by atoms with Crippen LogP contribution in [-0.2, 0) is 15.1 Å². The molecule has 0 aliphatic rings. The lowest BCUT2D eigenvalue weighted by Gasteiger charge is -2.31. The van der Waals surface area contributed by atoms with Crippen LogP contribution in [0.1, 0.15) is 19.4 Å². The van der Waals surface area contributed by atoms with Gasteiger partial charge in [0.1, 0.15) is 0 Å². The standard InChI is InChI=1S/C12H13ClF2O3/c1-3-18-10(16)12(14,15)11(2,17)8-5-4-6-9(13)7-8/h4-7,17H,3H2,1-2H3. The summed E-state index contributed by atoms with van der Waals surface area (Å²) in [6.07, 6.45) is 0. The van der Waals surface area contributed by atoms with Crippen LogP contribution in [0.2, 0.25) is 5.02 Å². The Hall–Kier alpha value is -1.20. The molecule has 1 unspecified atom stereocenters. The van der Waals surface area contributed by atoms with Gasteiger partial charge in [0.25, 0.3) is 0 Å². The van der Waals surface area contributed by atoms with E-state index in [0.29, 0.717) is 0 Å². The molecule has 0 saturated heterocycles. The van der Waals surface area contributed by atoms with Gasteiger partial charge >= 0.3 is 11.9 Å². The molecule has 0 fully saturated rings. The molecule has 1 N–H and O–H groups in total. The van der Waals surface area contributed by atoms with E-state index in [1.54, 1.807) is 0 Å². The van der Waals surface area contributed by atoms with Gasteiger partial charge in [0.2, 0.25) is 0 Å². The van der Waals surface area contributed by atoms with Crippen molar-refractivity contribution in [3.8, 4) is 0 Å². The Labute approximate surface area is 108 Å². The zero-order valence-corrected chi connectivity index (χ0v) is 10.7. The van der Waals surface area contributed by atoms with Crippen molar-refractivity contribution in [3.63, 3.8) is 0 Å². The topological polar surface area (TPSA) is 46.5 Å². The van der Waals surface area contributed by atoms with Gasteiger partial charge in [0.05, 0.1) is 6.61 Å². The normalized spacial score (nSPS) is 15.0. The Morgan fingerprint density at radius 2 is 2.11 bits per heavy atom. The Morgan fingerprint density at radius 1 is 1.50 bits per heavy atom. The number of benzene rings is 1. The van der Waals surface area contributed by atoms with Crippen molar-refractivity contribution in [2.75, 3.05) is 6.61 Å². The average Bonchev–Trinajstić information content (AvgIpc) is 2.29.